The lowest BCUT2D eigenvalue weighted by molar-refractivity contribution is 0.101. The lowest BCUT2D eigenvalue weighted by atomic mass is 10.1. The molecular weight excluding hydrogens is 350 g/mol. The monoisotopic (exact) mass is 363 g/mol. The Balaban J connectivity index is 2.22. The number of Topliss-reactive ketones (excluding diaryl/α,β-unsaturated/α-hetero) is 1. The molecule has 0 saturated carbocycles. The Morgan fingerprint density at radius 2 is 1.61 bits per heavy atom. The molecule has 0 radical (unpaired) electrons. The molecular formula is C20H14BrNO. The highest BCUT2D eigenvalue weighted by Gasteiger charge is 2.16. The van der Waals surface area contributed by atoms with Crippen LogP contribution in [0.5, 0.6) is 0 Å². The molecule has 1 heterocycles. The van der Waals surface area contributed by atoms with Gasteiger partial charge in [-0.1, -0.05) is 36.4 Å². The van der Waals surface area contributed by atoms with Crippen molar-refractivity contribution in [3.63, 3.8) is 0 Å². The van der Waals surface area contributed by atoms with Crippen LogP contribution < -0.4 is 0 Å². The van der Waals surface area contributed by atoms with E-state index in [9.17, 15) is 4.79 Å². The number of carbonyl (C=O) groups excluding carboxylic acids is 1. The van der Waals surface area contributed by atoms with Crippen molar-refractivity contribution in [2.24, 2.45) is 0 Å². The quantitative estimate of drug-likeness (QED) is 0.415. The van der Waals surface area contributed by atoms with Crippen LogP contribution in [-0.2, 0) is 0 Å². The summed E-state index contributed by atoms with van der Waals surface area (Å²) >= 11 is 3.67. The van der Waals surface area contributed by atoms with Crippen molar-refractivity contribution < 1.29 is 4.79 Å². The molecule has 0 bridgehead atoms. The molecule has 1 aromatic heterocycles. The molecule has 0 amide bonds. The predicted octanol–water partition coefficient (Wildman–Crippen LogP) is 5.75. The van der Waals surface area contributed by atoms with Crippen molar-refractivity contribution in [2.75, 3.05) is 0 Å². The lowest BCUT2D eigenvalue weighted by Gasteiger charge is -2.09. The van der Waals surface area contributed by atoms with Gasteiger partial charge >= 0.3 is 0 Å². The fraction of sp³-hybridized carbons (Fsp3) is 0.0500. The fourth-order valence-electron chi connectivity index (χ4n) is 3.10. The van der Waals surface area contributed by atoms with Crippen molar-refractivity contribution in [1.82, 2.24) is 4.57 Å². The summed E-state index contributed by atoms with van der Waals surface area (Å²) in [5.41, 5.74) is 4.05. The number of ketones is 1. The average molecular weight is 364 g/mol. The first-order valence-corrected chi connectivity index (χ1v) is 8.25. The van der Waals surface area contributed by atoms with E-state index in [4.69, 9.17) is 0 Å². The zero-order valence-electron chi connectivity index (χ0n) is 12.6. The Kier molecular flexibility index (Phi) is 3.31. The van der Waals surface area contributed by atoms with Gasteiger partial charge in [-0.3, -0.25) is 4.79 Å². The predicted molar refractivity (Wildman–Crippen MR) is 98.5 cm³/mol. The largest absolute Gasteiger partial charge is 0.308 e. The summed E-state index contributed by atoms with van der Waals surface area (Å²) < 4.78 is 3.17. The number of fused-ring (bicyclic) bond motifs is 3. The van der Waals surface area contributed by atoms with E-state index in [1.54, 1.807) is 6.92 Å². The van der Waals surface area contributed by atoms with E-state index in [0.717, 1.165) is 37.5 Å². The van der Waals surface area contributed by atoms with Crippen LogP contribution in [0.1, 0.15) is 17.3 Å². The summed E-state index contributed by atoms with van der Waals surface area (Å²) in [4.78, 5) is 11.8. The van der Waals surface area contributed by atoms with Gasteiger partial charge in [-0.05, 0) is 53.2 Å². The molecule has 0 aliphatic rings. The molecule has 0 aliphatic carbocycles. The maximum atomic E-state index is 11.8. The standard InChI is InChI=1S/C20H14BrNO/c1-13(23)14-11-17-16-9-5-6-10-19(16)22(20(17)18(21)12-14)15-7-3-2-4-8-15/h2-12H,1H3. The zero-order chi connectivity index (χ0) is 16.0. The van der Waals surface area contributed by atoms with Crippen LogP contribution in [-0.4, -0.2) is 10.4 Å². The van der Waals surface area contributed by atoms with E-state index in [-0.39, 0.29) is 5.78 Å². The molecule has 2 nitrogen and oxygen atoms in total. The maximum absolute atomic E-state index is 11.8. The summed E-state index contributed by atoms with van der Waals surface area (Å²) in [6, 6.07) is 22.5. The van der Waals surface area contributed by atoms with Crippen LogP contribution in [0.25, 0.3) is 27.5 Å². The molecule has 23 heavy (non-hydrogen) atoms. The molecule has 112 valence electrons. The number of benzene rings is 3. The van der Waals surface area contributed by atoms with Crippen LogP contribution in [0.2, 0.25) is 0 Å². The van der Waals surface area contributed by atoms with Gasteiger partial charge in [0.25, 0.3) is 0 Å². The van der Waals surface area contributed by atoms with E-state index in [1.807, 2.05) is 42.5 Å². The molecule has 0 atom stereocenters. The SMILES string of the molecule is CC(=O)c1cc(Br)c2c(c1)c1ccccc1n2-c1ccccc1. The minimum absolute atomic E-state index is 0.0733. The van der Waals surface area contributed by atoms with Crippen LogP contribution in [0.3, 0.4) is 0 Å². The molecule has 4 aromatic rings. The molecule has 0 N–H and O–H groups in total. The Morgan fingerprint density at radius 1 is 0.913 bits per heavy atom. The molecule has 0 aliphatic heterocycles. The summed E-state index contributed by atoms with van der Waals surface area (Å²) in [6.07, 6.45) is 0. The second-order valence-electron chi connectivity index (χ2n) is 5.60. The summed E-state index contributed by atoms with van der Waals surface area (Å²) in [5, 5.41) is 2.24. The number of halogens is 1. The van der Waals surface area contributed by atoms with Gasteiger partial charge in [-0.2, -0.15) is 0 Å². The number of carbonyl (C=O) groups is 1. The van der Waals surface area contributed by atoms with E-state index in [1.165, 1.54) is 0 Å². The third kappa shape index (κ3) is 2.20. The first kappa shape index (κ1) is 14.2. The number of para-hydroxylation sites is 2. The van der Waals surface area contributed by atoms with Gasteiger partial charge in [-0.25, -0.2) is 0 Å². The average Bonchev–Trinajstić information content (AvgIpc) is 2.91. The maximum Gasteiger partial charge on any atom is 0.159 e. The van der Waals surface area contributed by atoms with Crippen LogP contribution in [0.4, 0.5) is 0 Å². The Hall–Kier alpha value is -2.39. The molecule has 3 aromatic carbocycles. The van der Waals surface area contributed by atoms with E-state index >= 15 is 0 Å². The van der Waals surface area contributed by atoms with Crippen LogP contribution in [0.15, 0.2) is 71.2 Å². The molecule has 0 spiro atoms. The fourth-order valence-corrected chi connectivity index (χ4v) is 3.73. The van der Waals surface area contributed by atoms with Gasteiger partial charge in [0.05, 0.1) is 11.0 Å². The second-order valence-corrected chi connectivity index (χ2v) is 6.45. The molecule has 0 saturated heterocycles. The second kappa shape index (κ2) is 5.36. The lowest BCUT2D eigenvalue weighted by Crippen LogP contribution is -1.96. The van der Waals surface area contributed by atoms with Gasteiger partial charge in [0.1, 0.15) is 0 Å². The van der Waals surface area contributed by atoms with Crippen LogP contribution in [0, 0.1) is 0 Å². The van der Waals surface area contributed by atoms with E-state index in [2.05, 4.69) is 44.8 Å². The van der Waals surface area contributed by atoms with Gasteiger partial charge < -0.3 is 4.57 Å². The van der Waals surface area contributed by atoms with Crippen molar-refractivity contribution >= 4 is 43.5 Å². The highest BCUT2D eigenvalue weighted by atomic mass is 79.9. The van der Waals surface area contributed by atoms with Crippen molar-refractivity contribution in [3.8, 4) is 5.69 Å². The minimum Gasteiger partial charge on any atom is -0.308 e. The van der Waals surface area contributed by atoms with Gasteiger partial charge in [0.2, 0.25) is 0 Å². The number of hydrogen-bond donors (Lipinski definition) is 0. The van der Waals surface area contributed by atoms with Crippen molar-refractivity contribution in [2.45, 2.75) is 6.92 Å². The van der Waals surface area contributed by atoms with Crippen molar-refractivity contribution in [3.05, 3.63) is 76.8 Å². The van der Waals surface area contributed by atoms with Crippen LogP contribution >= 0.6 is 15.9 Å². The molecule has 0 unspecified atom stereocenters. The molecule has 0 fully saturated rings. The summed E-state index contributed by atoms with van der Waals surface area (Å²) in [5.74, 6) is 0.0733. The Labute approximate surface area is 142 Å². The highest BCUT2D eigenvalue weighted by molar-refractivity contribution is 9.10. The number of rotatable bonds is 2. The van der Waals surface area contributed by atoms with Gasteiger partial charge in [0.15, 0.2) is 5.78 Å². The molecule has 3 heteroatoms. The first-order valence-electron chi connectivity index (χ1n) is 7.46. The Bertz CT molecular complexity index is 1050. The highest BCUT2D eigenvalue weighted by Crippen LogP contribution is 2.36. The Morgan fingerprint density at radius 3 is 2.35 bits per heavy atom. The minimum atomic E-state index is 0.0733. The van der Waals surface area contributed by atoms with Crippen molar-refractivity contribution in [1.29, 1.82) is 0 Å². The summed E-state index contributed by atoms with van der Waals surface area (Å²) in [6.45, 7) is 1.60. The smallest absolute Gasteiger partial charge is 0.159 e. The van der Waals surface area contributed by atoms with Gasteiger partial charge in [-0.15, -0.1) is 0 Å². The third-order valence-electron chi connectivity index (χ3n) is 4.14. The normalized spacial score (nSPS) is 11.2. The number of hydrogen-bond acceptors (Lipinski definition) is 1. The van der Waals surface area contributed by atoms with Gasteiger partial charge in [0, 0.05) is 26.5 Å². The van der Waals surface area contributed by atoms with E-state index < -0.39 is 0 Å². The summed E-state index contributed by atoms with van der Waals surface area (Å²) in [7, 11) is 0. The van der Waals surface area contributed by atoms with E-state index in [0.29, 0.717) is 0 Å². The number of nitrogens with zero attached hydrogens (tertiary/aromatic N) is 1. The first-order chi connectivity index (χ1) is 11.2. The number of aromatic nitrogens is 1. The topological polar surface area (TPSA) is 22.0 Å². The third-order valence-corrected chi connectivity index (χ3v) is 4.75. The zero-order valence-corrected chi connectivity index (χ0v) is 14.2. The molecule has 4 rings (SSSR count).